The first-order valence-corrected chi connectivity index (χ1v) is 9.78. The van der Waals surface area contributed by atoms with Crippen LogP contribution in [0.25, 0.3) is 0 Å². The Balaban J connectivity index is 2.05. The summed E-state index contributed by atoms with van der Waals surface area (Å²) in [6, 6.07) is 3.67. The van der Waals surface area contributed by atoms with Crippen LogP contribution in [-0.2, 0) is 16.6 Å². The quantitative estimate of drug-likeness (QED) is 0.804. The van der Waals surface area contributed by atoms with Crippen LogP contribution < -0.4 is 5.32 Å². The predicted molar refractivity (Wildman–Crippen MR) is 87.2 cm³/mol. The maximum Gasteiger partial charge on any atom is 0.252 e. The topological polar surface area (TPSA) is 52.7 Å². The van der Waals surface area contributed by atoms with Gasteiger partial charge >= 0.3 is 0 Å². The van der Waals surface area contributed by atoms with E-state index in [0.717, 1.165) is 43.9 Å². The molecule has 0 radical (unpaired) electrons. The van der Waals surface area contributed by atoms with E-state index in [1.807, 2.05) is 13.1 Å². The van der Waals surface area contributed by atoms with Crippen LogP contribution in [0.3, 0.4) is 0 Å². The second-order valence-electron chi connectivity index (χ2n) is 5.46. The maximum absolute atomic E-state index is 12.7. The molecule has 0 atom stereocenters. The van der Waals surface area contributed by atoms with E-state index in [1.165, 1.54) is 11.3 Å². The number of rotatable bonds is 6. The monoisotopic (exact) mass is 331 g/mol. The molecule has 1 aromatic heterocycles. The Morgan fingerprint density at radius 2 is 2.05 bits per heavy atom. The second kappa shape index (κ2) is 7.69. The Morgan fingerprint density at radius 3 is 2.81 bits per heavy atom. The molecule has 1 aliphatic heterocycles. The van der Waals surface area contributed by atoms with Gasteiger partial charge in [0.15, 0.2) is 0 Å². The van der Waals surface area contributed by atoms with E-state index >= 15 is 0 Å². The lowest BCUT2D eigenvalue weighted by Crippen LogP contribution is -2.34. The van der Waals surface area contributed by atoms with Crippen molar-refractivity contribution in [1.29, 1.82) is 0 Å². The molecule has 0 saturated carbocycles. The van der Waals surface area contributed by atoms with Crippen molar-refractivity contribution in [2.75, 3.05) is 39.8 Å². The van der Waals surface area contributed by atoms with Crippen LogP contribution >= 0.6 is 11.3 Å². The summed E-state index contributed by atoms with van der Waals surface area (Å²) >= 11 is 1.39. The van der Waals surface area contributed by atoms with Crippen molar-refractivity contribution >= 4 is 21.4 Å². The molecule has 7 heteroatoms. The Bertz CT molecular complexity index is 542. The first-order valence-electron chi connectivity index (χ1n) is 7.52. The summed E-state index contributed by atoms with van der Waals surface area (Å²) < 4.78 is 27.5. The van der Waals surface area contributed by atoms with Crippen LogP contribution in [0, 0.1) is 0 Å². The van der Waals surface area contributed by atoms with E-state index in [2.05, 4.69) is 17.1 Å². The van der Waals surface area contributed by atoms with Crippen LogP contribution in [0.2, 0.25) is 0 Å². The Kier molecular flexibility index (Phi) is 6.19. The molecule has 2 rings (SSSR count). The molecule has 2 heterocycles. The zero-order chi connectivity index (χ0) is 15.3. The molecule has 0 aliphatic carbocycles. The highest BCUT2D eigenvalue weighted by Gasteiger charge is 2.27. The summed E-state index contributed by atoms with van der Waals surface area (Å²) in [6.07, 6.45) is 1.98. The zero-order valence-corrected chi connectivity index (χ0v) is 14.5. The van der Waals surface area contributed by atoms with Gasteiger partial charge in [-0.05, 0) is 45.1 Å². The minimum absolute atomic E-state index is 0.473. The molecule has 0 aromatic carbocycles. The number of sulfonamides is 1. The third kappa shape index (κ3) is 4.50. The summed E-state index contributed by atoms with van der Waals surface area (Å²) in [5.74, 6) is 0. The first-order chi connectivity index (χ1) is 10.0. The molecule has 1 aliphatic rings. The summed E-state index contributed by atoms with van der Waals surface area (Å²) in [5, 5.41) is 3.31. The molecule has 0 amide bonds. The fraction of sp³-hybridized carbons (Fsp3) is 0.714. The molecule has 5 nitrogen and oxygen atoms in total. The highest BCUT2D eigenvalue weighted by Crippen LogP contribution is 2.25. The molecule has 0 unspecified atom stereocenters. The number of likely N-dealkylation sites (N-methyl/N-ethyl adjacent to an activating group) is 1. The number of nitrogens with one attached hydrogen (secondary N) is 1. The van der Waals surface area contributed by atoms with Gasteiger partial charge in [-0.2, -0.15) is 4.31 Å². The highest BCUT2D eigenvalue weighted by molar-refractivity contribution is 7.91. The van der Waals surface area contributed by atoms with Crippen LogP contribution in [-0.4, -0.2) is 57.4 Å². The van der Waals surface area contributed by atoms with Gasteiger partial charge in [-0.3, -0.25) is 0 Å². The van der Waals surface area contributed by atoms with Crippen LogP contribution in [0.15, 0.2) is 16.3 Å². The van der Waals surface area contributed by atoms with Crippen molar-refractivity contribution in [1.82, 2.24) is 14.5 Å². The van der Waals surface area contributed by atoms with Gasteiger partial charge < -0.3 is 10.2 Å². The molecule has 120 valence electrons. The maximum atomic E-state index is 12.7. The van der Waals surface area contributed by atoms with Crippen LogP contribution in [0.4, 0.5) is 0 Å². The van der Waals surface area contributed by atoms with E-state index in [0.29, 0.717) is 17.3 Å². The Morgan fingerprint density at radius 1 is 1.24 bits per heavy atom. The highest BCUT2D eigenvalue weighted by atomic mass is 32.2. The van der Waals surface area contributed by atoms with Gasteiger partial charge in [0.1, 0.15) is 4.21 Å². The number of hydrogen-bond donors (Lipinski definition) is 1. The van der Waals surface area contributed by atoms with Gasteiger partial charge in [0, 0.05) is 31.1 Å². The number of thiophene rings is 1. The van der Waals surface area contributed by atoms with Crippen molar-refractivity contribution in [3.05, 3.63) is 17.0 Å². The number of hydrogen-bond acceptors (Lipinski definition) is 5. The van der Waals surface area contributed by atoms with Crippen molar-refractivity contribution < 1.29 is 8.42 Å². The third-order valence-electron chi connectivity index (χ3n) is 3.64. The molecule has 0 bridgehead atoms. The van der Waals surface area contributed by atoms with E-state index in [-0.39, 0.29) is 0 Å². The van der Waals surface area contributed by atoms with Gasteiger partial charge in [0.25, 0.3) is 10.0 Å². The van der Waals surface area contributed by atoms with Gasteiger partial charge in [-0.1, -0.05) is 6.92 Å². The summed E-state index contributed by atoms with van der Waals surface area (Å²) in [4.78, 5) is 3.26. The SMILES string of the molecule is CCCNCc1ccc(S(=O)(=O)N2CCCN(C)CC2)s1. The van der Waals surface area contributed by atoms with Gasteiger partial charge in [0.2, 0.25) is 0 Å². The summed E-state index contributed by atoms with van der Waals surface area (Å²) in [6.45, 7) is 6.79. The average Bonchev–Trinajstić information content (AvgIpc) is 2.81. The summed E-state index contributed by atoms with van der Waals surface area (Å²) in [7, 11) is -1.28. The summed E-state index contributed by atoms with van der Waals surface area (Å²) in [5.41, 5.74) is 0. The minimum Gasteiger partial charge on any atom is -0.312 e. The first kappa shape index (κ1) is 16.9. The van der Waals surface area contributed by atoms with Gasteiger partial charge in [-0.15, -0.1) is 11.3 Å². The number of nitrogens with zero attached hydrogens (tertiary/aromatic N) is 2. The second-order valence-corrected chi connectivity index (χ2v) is 8.79. The van der Waals surface area contributed by atoms with Crippen LogP contribution in [0.5, 0.6) is 0 Å². The fourth-order valence-corrected chi connectivity index (χ4v) is 5.32. The van der Waals surface area contributed by atoms with Crippen molar-refractivity contribution in [2.24, 2.45) is 0 Å². The van der Waals surface area contributed by atoms with E-state index in [1.54, 1.807) is 10.4 Å². The molecule has 0 spiro atoms. The van der Waals surface area contributed by atoms with Gasteiger partial charge in [-0.25, -0.2) is 8.42 Å². The standard InChI is InChI=1S/C14H25N3O2S2/c1-3-7-15-12-13-5-6-14(20-13)21(18,19)17-9-4-8-16(2)10-11-17/h5-6,15H,3-4,7-12H2,1-2H3. The largest absolute Gasteiger partial charge is 0.312 e. The molecule has 1 aromatic rings. The molecule has 21 heavy (non-hydrogen) atoms. The lowest BCUT2D eigenvalue weighted by molar-refractivity contribution is 0.347. The average molecular weight is 332 g/mol. The zero-order valence-electron chi connectivity index (χ0n) is 12.8. The lowest BCUT2D eigenvalue weighted by atomic mass is 10.4. The fourth-order valence-electron chi connectivity index (χ4n) is 2.37. The molecule has 1 N–H and O–H groups in total. The normalized spacial score (nSPS) is 18.8. The van der Waals surface area contributed by atoms with Crippen molar-refractivity contribution in [3.63, 3.8) is 0 Å². The molecular weight excluding hydrogens is 306 g/mol. The van der Waals surface area contributed by atoms with Crippen LogP contribution in [0.1, 0.15) is 24.6 Å². The molecule has 1 saturated heterocycles. The predicted octanol–water partition coefficient (Wildman–Crippen LogP) is 1.57. The lowest BCUT2D eigenvalue weighted by Gasteiger charge is -2.19. The third-order valence-corrected chi connectivity index (χ3v) is 7.09. The minimum atomic E-state index is -3.32. The molecule has 1 fully saturated rings. The van der Waals surface area contributed by atoms with Crippen molar-refractivity contribution in [2.45, 2.75) is 30.5 Å². The Hall–Kier alpha value is -0.470. The molecular formula is C14H25N3O2S2. The van der Waals surface area contributed by atoms with E-state index in [9.17, 15) is 8.42 Å². The van der Waals surface area contributed by atoms with E-state index in [4.69, 9.17) is 0 Å². The van der Waals surface area contributed by atoms with E-state index < -0.39 is 10.0 Å². The smallest absolute Gasteiger partial charge is 0.252 e. The van der Waals surface area contributed by atoms with Crippen molar-refractivity contribution in [3.8, 4) is 0 Å². The Labute approximate surface area is 132 Å². The van der Waals surface area contributed by atoms with Gasteiger partial charge in [0.05, 0.1) is 0 Å².